The SMILES string of the molecule is CCCNCC(C(C)C)n1cnc2c1CCCC2. The van der Waals surface area contributed by atoms with Gasteiger partial charge in [-0.1, -0.05) is 20.8 Å². The highest BCUT2D eigenvalue weighted by atomic mass is 15.1. The molecule has 0 fully saturated rings. The van der Waals surface area contributed by atoms with Crippen LogP contribution in [-0.4, -0.2) is 22.6 Å². The topological polar surface area (TPSA) is 29.9 Å². The molecule has 1 heterocycles. The maximum absolute atomic E-state index is 4.62. The van der Waals surface area contributed by atoms with E-state index in [0.717, 1.165) is 13.1 Å². The Labute approximate surface area is 111 Å². The van der Waals surface area contributed by atoms with Gasteiger partial charge in [0, 0.05) is 18.3 Å². The number of aromatic nitrogens is 2. The molecule has 1 atom stereocenters. The summed E-state index contributed by atoms with van der Waals surface area (Å²) in [4.78, 5) is 4.62. The first-order valence-corrected chi connectivity index (χ1v) is 7.49. The van der Waals surface area contributed by atoms with Gasteiger partial charge in [-0.25, -0.2) is 4.98 Å². The Kier molecular flexibility index (Phi) is 4.81. The Morgan fingerprint density at radius 3 is 2.83 bits per heavy atom. The second-order valence-electron chi connectivity index (χ2n) is 5.77. The number of hydrogen-bond acceptors (Lipinski definition) is 2. The Hall–Kier alpha value is -0.830. The number of nitrogens with zero attached hydrogens (tertiary/aromatic N) is 2. The lowest BCUT2D eigenvalue weighted by Crippen LogP contribution is -2.30. The quantitative estimate of drug-likeness (QED) is 0.786. The van der Waals surface area contributed by atoms with E-state index in [9.17, 15) is 0 Å². The third kappa shape index (κ3) is 2.94. The molecule has 1 aliphatic carbocycles. The molecule has 0 saturated carbocycles. The molecule has 3 nitrogen and oxygen atoms in total. The summed E-state index contributed by atoms with van der Waals surface area (Å²) < 4.78 is 2.45. The lowest BCUT2D eigenvalue weighted by molar-refractivity contribution is 0.347. The minimum absolute atomic E-state index is 0.547. The predicted octanol–water partition coefficient (Wildman–Crippen LogP) is 2.96. The maximum Gasteiger partial charge on any atom is 0.0954 e. The minimum Gasteiger partial charge on any atom is -0.330 e. The molecule has 1 unspecified atom stereocenters. The van der Waals surface area contributed by atoms with Gasteiger partial charge in [0.1, 0.15) is 0 Å². The number of hydrogen-bond donors (Lipinski definition) is 1. The van der Waals surface area contributed by atoms with Crippen LogP contribution in [0.3, 0.4) is 0 Å². The van der Waals surface area contributed by atoms with Crippen LogP contribution >= 0.6 is 0 Å². The number of fused-ring (bicyclic) bond motifs is 1. The highest BCUT2D eigenvalue weighted by molar-refractivity contribution is 5.17. The first-order valence-electron chi connectivity index (χ1n) is 7.49. The molecule has 0 spiro atoms. The predicted molar refractivity (Wildman–Crippen MR) is 75.9 cm³/mol. The van der Waals surface area contributed by atoms with E-state index in [1.165, 1.54) is 43.5 Å². The van der Waals surface area contributed by atoms with Gasteiger partial charge in [0.05, 0.1) is 12.0 Å². The van der Waals surface area contributed by atoms with Crippen molar-refractivity contribution in [2.24, 2.45) is 5.92 Å². The monoisotopic (exact) mass is 249 g/mol. The molecule has 0 radical (unpaired) electrons. The van der Waals surface area contributed by atoms with E-state index in [1.807, 2.05) is 0 Å². The fraction of sp³-hybridized carbons (Fsp3) is 0.800. The summed E-state index contributed by atoms with van der Waals surface area (Å²) in [5, 5.41) is 3.56. The number of rotatable bonds is 6. The fourth-order valence-electron chi connectivity index (χ4n) is 2.86. The Morgan fingerprint density at radius 2 is 2.11 bits per heavy atom. The van der Waals surface area contributed by atoms with E-state index in [1.54, 1.807) is 0 Å². The fourth-order valence-corrected chi connectivity index (χ4v) is 2.86. The van der Waals surface area contributed by atoms with E-state index >= 15 is 0 Å². The van der Waals surface area contributed by atoms with Crippen LogP contribution in [-0.2, 0) is 12.8 Å². The van der Waals surface area contributed by atoms with Gasteiger partial charge in [-0.3, -0.25) is 0 Å². The lowest BCUT2D eigenvalue weighted by Gasteiger charge is -2.26. The standard InChI is InChI=1S/C15H27N3/c1-4-9-16-10-15(12(2)3)18-11-17-13-7-5-6-8-14(13)18/h11-12,15-16H,4-10H2,1-3H3. The van der Waals surface area contributed by atoms with E-state index in [2.05, 4.69) is 42.0 Å². The molecular weight excluding hydrogens is 222 g/mol. The molecule has 0 aliphatic heterocycles. The van der Waals surface area contributed by atoms with Gasteiger partial charge in [0.25, 0.3) is 0 Å². The second-order valence-corrected chi connectivity index (χ2v) is 5.77. The van der Waals surface area contributed by atoms with Gasteiger partial charge >= 0.3 is 0 Å². The zero-order valence-corrected chi connectivity index (χ0v) is 12.1. The van der Waals surface area contributed by atoms with Crippen LogP contribution in [0, 0.1) is 5.92 Å². The molecule has 18 heavy (non-hydrogen) atoms. The average molecular weight is 249 g/mol. The lowest BCUT2D eigenvalue weighted by atomic mass is 9.98. The summed E-state index contributed by atoms with van der Waals surface area (Å²) in [6.07, 6.45) is 8.30. The molecule has 1 aromatic heterocycles. The molecule has 102 valence electrons. The van der Waals surface area contributed by atoms with Crippen LogP contribution in [0.4, 0.5) is 0 Å². The van der Waals surface area contributed by atoms with Crippen LogP contribution in [0.1, 0.15) is 57.5 Å². The van der Waals surface area contributed by atoms with Crippen molar-refractivity contribution in [1.29, 1.82) is 0 Å². The summed E-state index contributed by atoms with van der Waals surface area (Å²) in [6.45, 7) is 9.02. The maximum atomic E-state index is 4.62. The van der Waals surface area contributed by atoms with Crippen molar-refractivity contribution >= 4 is 0 Å². The van der Waals surface area contributed by atoms with Crippen molar-refractivity contribution in [3.63, 3.8) is 0 Å². The van der Waals surface area contributed by atoms with Crippen molar-refractivity contribution in [1.82, 2.24) is 14.9 Å². The van der Waals surface area contributed by atoms with E-state index < -0.39 is 0 Å². The molecule has 1 aromatic rings. The summed E-state index contributed by atoms with van der Waals surface area (Å²) in [6, 6.07) is 0.547. The van der Waals surface area contributed by atoms with Crippen LogP contribution in [0.5, 0.6) is 0 Å². The highest BCUT2D eigenvalue weighted by Crippen LogP contribution is 2.26. The molecule has 1 N–H and O–H groups in total. The molecule has 3 heteroatoms. The first-order chi connectivity index (χ1) is 8.74. The van der Waals surface area contributed by atoms with Gasteiger partial charge in [-0.2, -0.15) is 0 Å². The van der Waals surface area contributed by atoms with Crippen LogP contribution in [0.15, 0.2) is 6.33 Å². The molecule has 0 aromatic carbocycles. The number of nitrogens with one attached hydrogen (secondary N) is 1. The smallest absolute Gasteiger partial charge is 0.0954 e. The summed E-state index contributed by atoms with van der Waals surface area (Å²) in [5.41, 5.74) is 2.85. The average Bonchev–Trinajstić information content (AvgIpc) is 2.78. The van der Waals surface area contributed by atoms with Crippen molar-refractivity contribution < 1.29 is 0 Å². The summed E-state index contributed by atoms with van der Waals surface area (Å²) in [5.74, 6) is 0.648. The van der Waals surface area contributed by atoms with E-state index in [4.69, 9.17) is 0 Å². The minimum atomic E-state index is 0.547. The highest BCUT2D eigenvalue weighted by Gasteiger charge is 2.22. The third-order valence-corrected chi connectivity index (χ3v) is 3.97. The van der Waals surface area contributed by atoms with Gasteiger partial charge < -0.3 is 9.88 Å². The van der Waals surface area contributed by atoms with Crippen LogP contribution in [0.25, 0.3) is 0 Å². The number of imidazole rings is 1. The van der Waals surface area contributed by atoms with Crippen molar-refractivity contribution in [3.05, 3.63) is 17.7 Å². The Morgan fingerprint density at radius 1 is 1.33 bits per heavy atom. The molecule has 0 amide bonds. The normalized spacial score (nSPS) is 16.9. The zero-order chi connectivity index (χ0) is 13.0. The zero-order valence-electron chi connectivity index (χ0n) is 12.1. The largest absolute Gasteiger partial charge is 0.330 e. The van der Waals surface area contributed by atoms with E-state index in [-0.39, 0.29) is 0 Å². The van der Waals surface area contributed by atoms with Crippen molar-refractivity contribution in [3.8, 4) is 0 Å². The molecular formula is C15H27N3. The van der Waals surface area contributed by atoms with Gasteiger partial charge in [-0.15, -0.1) is 0 Å². The van der Waals surface area contributed by atoms with Crippen LogP contribution < -0.4 is 5.32 Å². The van der Waals surface area contributed by atoms with Crippen molar-refractivity contribution in [2.75, 3.05) is 13.1 Å². The van der Waals surface area contributed by atoms with Gasteiger partial charge in [0.2, 0.25) is 0 Å². The second kappa shape index (κ2) is 6.37. The summed E-state index contributed by atoms with van der Waals surface area (Å²) in [7, 11) is 0. The Bertz CT molecular complexity index is 368. The van der Waals surface area contributed by atoms with Crippen LogP contribution in [0.2, 0.25) is 0 Å². The molecule has 2 rings (SSSR count). The molecule has 0 saturated heterocycles. The van der Waals surface area contributed by atoms with Crippen molar-refractivity contribution in [2.45, 2.75) is 58.9 Å². The third-order valence-electron chi connectivity index (χ3n) is 3.97. The molecule has 0 bridgehead atoms. The molecule has 1 aliphatic rings. The summed E-state index contributed by atoms with van der Waals surface area (Å²) >= 11 is 0. The van der Waals surface area contributed by atoms with Gasteiger partial charge in [-0.05, 0) is 44.6 Å². The van der Waals surface area contributed by atoms with Gasteiger partial charge in [0.15, 0.2) is 0 Å². The van der Waals surface area contributed by atoms with E-state index in [0.29, 0.717) is 12.0 Å². The number of aryl methyl sites for hydroxylation is 1. The first kappa shape index (κ1) is 13.6. The Balaban J connectivity index is 2.12.